The van der Waals surface area contributed by atoms with E-state index in [1.165, 1.54) is 5.57 Å². The maximum Gasteiger partial charge on any atom is 0.334 e. The van der Waals surface area contributed by atoms with Gasteiger partial charge in [-0.05, 0) is 46.5 Å². The van der Waals surface area contributed by atoms with Crippen LogP contribution in [-0.4, -0.2) is 34.5 Å². The minimum atomic E-state index is -0.807. The molecule has 0 aromatic heterocycles. The van der Waals surface area contributed by atoms with Crippen LogP contribution in [0.2, 0.25) is 0 Å². The van der Waals surface area contributed by atoms with Crippen LogP contribution < -0.4 is 0 Å². The van der Waals surface area contributed by atoms with Gasteiger partial charge in [-0.15, -0.1) is 0 Å². The second-order valence-corrected chi connectivity index (χ2v) is 7.99. The molecule has 24 heavy (non-hydrogen) atoms. The first-order valence-electron chi connectivity index (χ1n) is 8.83. The van der Waals surface area contributed by atoms with E-state index in [1.54, 1.807) is 0 Å². The Bertz CT molecular complexity index is 601. The average molecular weight is 332 g/mol. The number of carbonyl (C=O) groups excluding carboxylic acids is 1. The van der Waals surface area contributed by atoms with E-state index in [1.807, 2.05) is 19.1 Å². The summed E-state index contributed by atoms with van der Waals surface area (Å²) in [4.78, 5) is 11.9. The normalized spacial score (nSPS) is 46.8. The Hall–Kier alpha value is -1.39. The number of esters is 1. The zero-order valence-corrected chi connectivity index (χ0v) is 14.9. The number of epoxide rings is 1. The Kier molecular flexibility index (Phi) is 4.47. The fourth-order valence-corrected chi connectivity index (χ4v) is 3.79. The Morgan fingerprint density at radius 2 is 2.12 bits per heavy atom. The van der Waals surface area contributed by atoms with E-state index in [9.17, 15) is 9.90 Å². The fraction of sp³-hybridized carbons (Fsp3) is 0.650. The first-order valence-corrected chi connectivity index (χ1v) is 8.83. The molecule has 0 bridgehead atoms. The Balaban J connectivity index is 1.81. The molecule has 0 saturated carbocycles. The minimum Gasteiger partial charge on any atom is -0.458 e. The number of ether oxygens (including phenoxy) is 2. The van der Waals surface area contributed by atoms with Crippen LogP contribution in [0, 0.1) is 5.92 Å². The van der Waals surface area contributed by atoms with Gasteiger partial charge in [0.05, 0.1) is 17.3 Å². The lowest BCUT2D eigenvalue weighted by atomic mass is 9.85. The first kappa shape index (κ1) is 17.4. The van der Waals surface area contributed by atoms with Gasteiger partial charge in [-0.2, -0.15) is 0 Å². The lowest BCUT2D eigenvalue weighted by molar-refractivity contribution is -0.139. The summed E-state index contributed by atoms with van der Waals surface area (Å²) in [6.45, 7) is 9.92. The Labute approximate surface area is 144 Å². The summed E-state index contributed by atoms with van der Waals surface area (Å²) in [6, 6.07) is 0. The monoisotopic (exact) mass is 332 g/mol. The second-order valence-electron chi connectivity index (χ2n) is 7.99. The molecule has 5 atom stereocenters. The number of hydrogen-bond acceptors (Lipinski definition) is 4. The van der Waals surface area contributed by atoms with Crippen molar-refractivity contribution in [1.29, 1.82) is 0 Å². The highest BCUT2D eigenvalue weighted by molar-refractivity contribution is 5.90. The van der Waals surface area contributed by atoms with Crippen LogP contribution in [0.5, 0.6) is 0 Å². The van der Waals surface area contributed by atoms with Gasteiger partial charge in [0.2, 0.25) is 0 Å². The van der Waals surface area contributed by atoms with Gasteiger partial charge in [-0.25, -0.2) is 4.79 Å². The lowest BCUT2D eigenvalue weighted by Crippen LogP contribution is -2.23. The van der Waals surface area contributed by atoms with Crippen molar-refractivity contribution in [3.8, 4) is 0 Å². The second kappa shape index (κ2) is 6.16. The molecular weight excluding hydrogens is 304 g/mol. The molecule has 0 aromatic carbocycles. The summed E-state index contributed by atoms with van der Waals surface area (Å²) in [5.74, 6) is -0.241. The molecular formula is C20H28O4. The van der Waals surface area contributed by atoms with E-state index in [4.69, 9.17) is 9.47 Å². The number of allylic oxidation sites excluding steroid dienone is 1. The quantitative estimate of drug-likeness (QED) is 0.319. The SMILES string of the molecule is C=C1C(=O)O[C@H]2C/C(C)=C/CC[C@](C)(O)/C=C/C[C@@]3(C)O[C@@H]3C[C@@H]12. The van der Waals surface area contributed by atoms with Gasteiger partial charge in [0.1, 0.15) is 6.10 Å². The molecule has 132 valence electrons. The minimum absolute atomic E-state index is 0.0303. The van der Waals surface area contributed by atoms with Crippen molar-refractivity contribution in [3.05, 3.63) is 36.0 Å². The number of aliphatic hydroxyl groups is 1. The molecule has 2 aliphatic heterocycles. The summed E-state index contributed by atoms with van der Waals surface area (Å²) >= 11 is 0. The van der Waals surface area contributed by atoms with Gasteiger partial charge >= 0.3 is 5.97 Å². The van der Waals surface area contributed by atoms with E-state index in [0.29, 0.717) is 12.0 Å². The molecule has 0 unspecified atom stereocenters. The van der Waals surface area contributed by atoms with Crippen molar-refractivity contribution in [3.63, 3.8) is 0 Å². The van der Waals surface area contributed by atoms with Gasteiger partial charge in [0.25, 0.3) is 0 Å². The van der Waals surface area contributed by atoms with Gasteiger partial charge < -0.3 is 14.6 Å². The molecule has 4 heteroatoms. The molecule has 0 radical (unpaired) electrons. The Morgan fingerprint density at radius 1 is 1.38 bits per heavy atom. The van der Waals surface area contributed by atoms with Crippen molar-refractivity contribution in [2.24, 2.45) is 5.92 Å². The molecule has 0 amide bonds. The number of rotatable bonds is 0. The van der Waals surface area contributed by atoms with E-state index in [2.05, 4.69) is 26.5 Å². The predicted molar refractivity (Wildman–Crippen MR) is 92.4 cm³/mol. The van der Waals surface area contributed by atoms with Crippen LogP contribution in [-0.2, 0) is 14.3 Å². The third kappa shape index (κ3) is 3.65. The highest BCUT2D eigenvalue weighted by atomic mass is 16.6. The molecule has 0 aromatic rings. The van der Waals surface area contributed by atoms with E-state index >= 15 is 0 Å². The number of hydrogen-bond donors (Lipinski definition) is 1. The molecule has 2 fully saturated rings. The standard InChI is InChI=1S/C20H28O4/c1-13-7-5-8-19(3,22)9-6-10-20(4)17(24-20)12-15-14(2)18(21)23-16(15)11-13/h6-7,9,15-17,22H,2,5,8,10-12H2,1,3-4H3/b9-6+,13-7+/t15-,16-,17+,19-,20+/m0/s1. The van der Waals surface area contributed by atoms with Crippen molar-refractivity contribution in [2.45, 2.75) is 76.3 Å². The van der Waals surface area contributed by atoms with Crippen molar-refractivity contribution >= 4 is 5.97 Å². The van der Waals surface area contributed by atoms with Crippen LogP contribution in [0.1, 0.15) is 52.9 Å². The van der Waals surface area contributed by atoms with Gasteiger partial charge in [0.15, 0.2) is 0 Å². The van der Waals surface area contributed by atoms with Crippen LogP contribution in [0.3, 0.4) is 0 Å². The molecule has 1 aliphatic carbocycles. The molecule has 2 saturated heterocycles. The fourth-order valence-electron chi connectivity index (χ4n) is 3.79. The topological polar surface area (TPSA) is 59.1 Å². The van der Waals surface area contributed by atoms with E-state index in [-0.39, 0.29) is 29.7 Å². The first-order chi connectivity index (χ1) is 11.2. The third-order valence-corrected chi connectivity index (χ3v) is 5.59. The average Bonchev–Trinajstić information content (AvgIpc) is 3.03. The maximum absolute atomic E-state index is 11.9. The zero-order chi connectivity index (χ0) is 17.5. The van der Waals surface area contributed by atoms with Crippen LogP contribution in [0.4, 0.5) is 0 Å². The van der Waals surface area contributed by atoms with Crippen molar-refractivity contribution in [2.75, 3.05) is 0 Å². The molecule has 3 rings (SSSR count). The smallest absolute Gasteiger partial charge is 0.334 e. The van der Waals surface area contributed by atoms with Gasteiger partial charge in [-0.1, -0.05) is 30.4 Å². The lowest BCUT2D eigenvalue weighted by Gasteiger charge is -2.20. The molecule has 1 N–H and O–H groups in total. The molecule has 3 aliphatic rings. The Morgan fingerprint density at radius 3 is 2.88 bits per heavy atom. The van der Waals surface area contributed by atoms with Crippen LogP contribution >= 0.6 is 0 Å². The summed E-state index contributed by atoms with van der Waals surface area (Å²) < 4.78 is 11.5. The van der Waals surface area contributed by atoms with E-state index < -0.39 is 5.60 Å². The summed E-state index contributed by atoms with van der Waals surface area (Å²) in [5, 5.41) is 10.4. The van der Waals surface area contributed by atoms with Crippen molar-refractivity contribution < 1.29 is 19.4 Å². The van der Waals surface area contributed by atoms with Crippen LogP contribution in [0.25, 0.3) is 0 Å². The van der Waals surface area contributed by atoms with E-state index in [0.717, 1.165) is 25.7 Å². The highest BCUT2D eigenvalue weighted by Gasteiger charge is 2.54. The van der Waals surface area contributed by atoms with Gasteiger partial charge in [-0.3, -0.25) is 0 Å². The number of carbonyl (C=O) groups is 1. The largest absolute Gasteiger partial charge is 0.458 e. The summed E-state index contributed by atoms with van der Waals surface area (Å²) in [7, 11) is 0. The molecule has 2 heterocycles. The van der Waals surface area contributed by atoms with Gasteiger partial charge in [0, 0.05) is 17.9 Å². The number of fused-ring (bicyclic) bond motifs is 2. The predicted octanol–water partition coefficient (Wildman–Crippen LogP) is 3.46. The molecule has 0 spiro atoms. The third-order valence-electron chi connectivity index (χ3n) is 5.59. The molecule has 4 nitrogen and oxygen atoms in total. The van der Waals surface area contributed by atoms with Crippen molar-refractivity contribution in [1.82, 2.24) is 0 Å². The summed E-state index contributed by atoms with van der Waals surface area (Å²) in [6.07, 6.45) is 9.72. The summed E-state index contributed by atoms with van der Waals surface area (Å²) in [5.41, 5.74) is 0.746. The maximum atomic E-state index is 11.9. The van der Waals surface area contributed by atoms with Crippen LogP contribution in [0.15, 0.2) is 36.0 Å². The highest BCUT2D eigenvalue weighted by Crippen LogP contribution is 2.47. The zero-order valence-electron chi connectivity index (χ0n) is 14.9.